The molecule has 11 heteroatoms. The summed E-state index contributed by atoms with van der Waals surface area (Å²) >= 11 is 0. The van der Waals surface area contributed by atoms with Crippen LogP contribution in [0, 0.1) is 0 Å². The normalized spacial score (nSPS) is 17.7. The van der Waals surface area contributed by atoms with Crippen molar-refractivity contribution in [2.75, 3.05) is 31.9 Å². The lowest BCUT2D eigenvalue weighted by atomic mass is 9.93. The summed E-state index contributed by atoms with van der Waals surface area (Å²) in [7, 11) is -3.64. The summed E-state index contributed by atoms with van der Waals surface area (Å²) < 4.78 is 67.9. The lowest BCUT2D eigenvalue weighted by molar-refractivity contribution is -0.137. The van der Waals surface area contributed by atoms with Crippen molar-refractivity contribution in [1.82, 2.24) is 20.1 Å². The van der Waals surface area contributed by atoms with Gasteiger partial charge >= 0.3 is 6.18 Å². The van der Waals surface area contributed by atoms with Gasteiger partial charge in [-0.25, -0.2) is 13.4 Å². The number of rotatable bonds is 9. The smallest absolute Gasteiger partial charge is 0.345 e. The SMILES string of the molecule is CCS(=O)(=O)c1ccc2nc(-c3cccc(C(F)(F)F)c3)c(CN3CCC(N4CCCCC4)CC3)c(C(=O)NC(C)c3ccccc3)c2c1. The van der Waals surface area contributed by atoms with Gasteiger partial charge in [-0.3, -0.25) is 9.69 Å². The maximum absolute atomic E-state index is 14.5. The number of pyridine rings is 1. The van der Waals surface area contributed by atoms with Crippen molar-refractivity contribution in [1.29, 1.82) is 0 Å². The van der Waals surface area contributed by atoms with Crippen LogP contribution in [-0.2, 0) is 22.6 Å². The first-order valence-electron chi connectivity index (χ1n) is 17.1. The minimum atomic E-state index is -4.57. The number of fused-ring (bicyclic) bond motifs is 1. The van der Waals surface area contributed by atoms with Gasteiger partial charge < -0.3 is 10.2 Å². The van der Waals surface area contributed by atoms with Gasteiger partial charge in [0.25, 0.3) is 5.91 Å². The van der Waals surface area contributed by atoms with Crippen LogP contribution in [-0.4, -0.2) is 67.1 Å². The molecule has 0 bridgehead atoms. The molecule has 1 atom stereocenters. The first-order valence-corrected chi connectivity index (χ1v) is 18.8. The van der Waals surface area contributed by atoms with E-state index in [4.69, 9.17) is 4.98 Å². The fourth-order valence-corrected chi connectivity index (χ4v) is 8.09. The van der Waals surface area contributed by atoms with Crippen molar-refractivity contribution in [2.45, 2.75) is 75.7 Å². The van der Waals surface area contributed by atoms with E-state index in [9.17, 15) is 26.4 Å². The van der Waals surface area contributed by atoms with Crippen LogP contribution in [0.4, 0.5) is 13.2 Å². The molecule has 6 rings (SSSR count). The molecule has 1 unspecified atom stereocenters. The van der Waals surface area contributed by atoms with Crippen molar-refractivity contribution >= 4 is 26.6 Å². The van der Waals surface area contributed by atoms with Gasteiger partial charge in [-0.15, -0.1) is 0 Å². The predicted octanol–water partition coefficient (Wildman–Crippen LogP) is 7.66. The van der Waals surface area contributed by atoms with Gasteiger partial charge in [0, 0.05) is 29.1 Å². The Bertz CT molecular complexity index is 1900. The second-order valence-electron chi connectivity index (χ2n) is 13.2. The monoisotopic (exact) mass is 692 g/mol. The summed E-state index contributed by atoms with van der Waals surface area (Å²) in [6.07, 6.45) is 1.00. The quantitative estimate of drug-likeness (QED) is 0.194. The number of hydrogen-bond donors (Lipinski definition) is 1. The Kier molecular flexibility index (Phi) is 10.4. The first-order chi connectivity index (χ1) is 23.4. The molecule has 260 valence electrons. The van der Waals surface area contributed by atoms with E-state index in [1.165, 1.54) is 37.5 Å². The lowest BCUT2D eigenvalue weighted by Gasteiger charge is -2.40. The van der Waals surface area contributed by atoms with Crippen molar-refractivity contribution in [3.05, 3.63) is 95.1 Å². The second-order valence-corrected chi connectivity index (χ2v) is 15.5. The largest absolute Gasteiger partial charge is 0.416 e. The minimum Gasteiger partial charge on any atom is -0.345 e. The van der Waals surface area contributed by atoms with Crippen molar-refractivity contribution in [2.24, 2.45) is 0 Å². The molecule has 3 aromatic carbocycles. The van der Waals surface area contributed by atoms with E-state index in [0.29, 0.717) is 22.5 Å². The van der Waals surface area contributed by atoms with Crippen LogP contribution in [0.5, 0.6) is 0 Å². The molecule has 2 aliphatic rings. The summed E-state index contributed by atoms with van der Waals surface area (Å²) in [6, 6.07) is 19.1. The fraction of sp³-hybridized carbons (Fsp3) is 0.421. The Balaban J connectivity index is 1.49. The van der Waals surface area contributed by atoms with Gasteiger partial charge in [0.15, 0.2) is 9.84 Å². The van der Waals surface area contributed by atoms with E-state index in [1.807, 2.05) is 37.3 Å². The molecule has 1 N–H and O–H groups in total. The number of halogens is 3. The van der Waals surface area contributed by atoms with E-state index in [0.717, 1.165) is 56.7 Å². The predicted molar refractivity (Wildman–Crippen MR) is 186 cm³/mol. The number of nitrogens with zero attached hydrogens (tertiary/aromatic N) is 3. The average Bonchev–Trinajstić information content (AvgIpc) is 3.11. The molecule has 2 saturated heterocycles. The number of alkyl halides is 3. The Hall–Kier alpha value is -3.80. The summed E-state index contributed by atoms with van der Waals surface area (Å²) in [5.41, 5.74) is 1.62. The zero-order valence-electron chi connectivity index (χ0n) is 28.0. The molecule has 3 heterocycles. The molecule has 1 amide bonds. The molecular weight excluding hydrogens is 650 g/mol. The number of benzene rings is 3. The molecule has 2 fully saturated rings. The standard InChI is InChI=1S/C38H43F3N4O3S/c1-3-49(47,48)31-15-16-34-32(24-31)35(37(46)42-26(2)27-11-6-4-7-12-27)33(36(43-34)28-13-10-14-29(23-28)38(39,40)41)25-44-21-17-30(18-22-44)45-19-8-5-9-20-45/h4,6-7,10-16,23-24,26,30H,3,5,8-9,17-22,25H2,1-2H3,(H,42,46). The summed E-state index contributed by atoms with van der Waals surface area (Å²) in [6.45, 7) is 7.41. The Morgan fingerprint density at radius 2 is 1.65 bits per heavy atom. The molecule has 7 nitrogen and oxygen atoms in total. The maximum atomic E-state index is 14.5. The molecular formula is C38H43F3N4O3S. The van der Waals surface area contributed by atoms with Crippen LogP contribution in [0.2, 0.25) is 0 Å². The van der Waals surface area contributed by atoms with Crippen LogP contribution < -0.4 is 5.32 Å². The van der Waals surface area contributed by atoms with Crippen LogP contribution in [0.15, 0.2) is 77.7 Å². The number of amides is 1. The van der Waals surface area contributed by atoms with Gasteiger partial charge in [-0.05, 0) is 94.7 Å². The van der Waals surface area contributed by atoms with Crippen LogP contribution in [0.3, 0.4) is 0 Å². The summed E-state index contributed by atoms with van der Waals surface area (Å²) in [5.74, 6) is -0.569. The fourth-order valence-electron chi connectivity index (χ4n) is 7.18. The third-order valence-corrected chi connectivity index (χ3v) is 11.7. The van der Waals surface area contributed by atoms with Crippen molar-refractivity contribution in [3.63, 3.8) is 0 Å². The molecule has 1 aromatic heterocycles. The van der Waals surface area contributed by atoms with Gasteiger partial charge in [0.2, 0.25) is 0 Å². The van der Waals surface area contributed by atoms with E-state index in [2.05, 4.69) is 15.1 Å². The number of aromatic nitrogens is 1. The highest BCUT2D eigenvalue weighted by molar-refractivity contribution is 7.91. The number of likely N-dealkylation sites (tertiary alicyclic amines) is 2. The molecule has 0 spiro atoms. The van der Waals surface area contributed by atoms with Crippen LogP contribution >= 0.6 is 0 Å². The molecule has 49 heavy (non-hydrogen) atoms. The third-order valence-electron chi connectivity index (χ3n) is 9.98. The molecule has 0 aliphatic carbocycles. The molecule has 0 radical (unpaired) electrons. The van der Waals surface area contributed by atoms with E-state index in [-0.39, 0.29) is 34.0 Å². The molecule has 4 aromatic rings. The highest BCUT2D eigenvalue weighted by Gasteiger charge is 2.33. The van der Waals surface area contributed by atoms with E-state index in [1.54, 1.807) is 19.1 Å². The first kappa shape index (κ1) is 35.0. The Morgan fingerprint density at radius 3 is 2.33 bits per heavy atom. The van der Waals surface area contributed by atoms with Crippen molar-refractivity contribution < 1.29 is 26.4 Å². The Labute approximate surface area is 286 Å². The average molecular weight is 693 g/mol. The summed E-state index contributed by atoms with van der Waals surface area (Å²) in [5, 5.41) is 3.45. The number of nitrogens with one attached hydrogen (secondary N) is 1. The van der Waals surface area contributed by atoms with Crippen molar-refractivity contribution in [3.8, 4) is 11.3 Å². The zero-order chi connectivity index (χ0) is 34.8. The zero-order valence-corrected chi connectivity index (χ0v) is 28.8. The van der Waals surface area contributed by atoms with Gasteiger partial charge in [-0.1, -0.05) is 55.8 Å². The van der Waals surface area contributed by atoms with Gasteiger partial charge in [0.05, 0.1) is 39.0 Å². The molecule has 0 saturated carbocycles. The van der Waals surface area contributed by atoms with E-state index < -0.39 is 33.5 Å². The Morgan fingerprint density at radius 1 is 0.939 bits per heavy atom. The highest BCUT2D eigenvalue weighted by Crippen LogP contribution is 2.37. The minimum absolute atomic E-state index is 0.0644. The highest BCUT2D eigenvalue weighted by atomic mass is 32.2. The second kappa shape index (κ2) is 14.6. The number of hydrogen-bond acceptors (Lipinski definition) is 6. The van der Waals surface area contributed by atoms with Gasteiger partial charge in [0.1, 0.15) is 0 Å². The number of carbonyl (C=O) groups is 1. The van der Waals surface area contributed by atoms with Crippen LogP contribution in [0.25, 0.3) is 22.2 Å². The topological polar surface area (TPSA) is 82.6 Å². The molecule has 2 aliphatic heterocycles. The van der Waals surface area contributed by atoms with Gasteiger partial charge in [-0.2, -0.15) is 13.2 Å². The number of piperidine rings is 2. The van der Waals surface area contributed by atoms with Crippen LogP contribution in [0.1, 0.15) is 79.0 Å². The third kappa shape index (κ3) is 7.84. The van der Waals surface area contributed by atoms with E-state index >= 15 is 0 Å². The lowest BCUT2D eigenvalue weighted by Crippen LogP contribution is -2.46. The summed E-state index contributed by atoms with van der Waals surface area (Å²) in [4.78, 5) is 24.3. The number of carbonyl (C=O) groups excluding carboxylic acids is 1. The number of sulfone groups is 1. The maximum Gasteiger partial charge on any atom is 0.416 e.